The monoisotopic (exact) mass is 324 g/mol. The van der Waals surface area contributed by atoms with Crippen LogP contribution in [0.1, 0.15) is 48.0 Å². The minimum Gasteiger partial charge on any atom is -0.373 e. The molecule has 0 bridgehead atoms. The van der Waals surface area contributed by atoms with Crippen LogP contribution in [0.15, 0.2) is 4.99 Å². The van der Waals surface area contributed by atoms with Crippen molar-refractivity contribution in [1.29, 1.82) is 0 Å². The number of likely N-dealkylation sites (tertiary alicyclic amines) is 1. The van der Waals surface area contributed by atoms with Crippen molar-refractivity contribution in [3.8, 4) is 0 Å². The normalized spacial score (nSPS) is 29.9. The first-order valence-electron chi connectivity index (χ1n) is 8.99. The highest BCUT2D eigenvalue weighted by atomic mass is 16.5. The van der Waals surface area contributed by atoms with Crippen LogP contribution in [0.3, 0.4) is 0 Å². The number of guanidine groups is 1. The molecule has 2 rings (SSSR count). The SMILES string of the molecule is CN=C(NCC(C)(C)N1CC(C)OC(C)C1)N1CCC(C)(C)C1. The van der Waals surface area contributed by atoms with E-state index < -0.39 is 0 Å². The van der Waals surface area contributed by atoms with E-state index in [1.165, 1.54) is 6.42 Å². The summed E-state index contributed by atoms with van der Waals surface area (Å²) in [5, 5.41) is 3.61. The van der Waals surface area contributed by atoms with Gasteiger partial charge in [-0.2, -0.15) is 0 Å². The molecule has 0 aromatic rings. The maximum atomic E-state index is 5.87. The molecule has 5 heteroatoms. The van der Waals surface area contributed by atoms with Gasteiger partial charge >= 0.3 is 0 Å². The molecule has 0 aromatic carbocycles. The fourth-order valence-corrected chi connectivity index (χ4v) is 3.70. The van der Waals surface area contributed by atoms with Gasteiger partial charge in [0, 0.05) is 45.3 Å². The quantitative estimate of drug-likeness (QED) is 0.638. The Hall–Kier alpha value is -0.810. The third-order valence-corrected chi connectivity index (χ3v) is 5.14. The number of rotatable bonds is 3. The Balaban J connectivity index is 1.92. The Morgan fingerprint density at radius 1 is 1.26 bits per heavy atom. The zero-order chi connectivity index (χ0) is 17.3. The molecule has 23 heavy (non-hydrogen) atoms. The number of hydrogen-bond donors (Lipinski definition) is 1. The zero-order valence-electron chi connectivity index (χ0n) is 16.1. The summed E-state index contributed by atoms with van der Waals surface area (Å²) in [7, 11) is 1.89. The van der Waals surface area contributed by atoms with Gasteiger partial charge in [-0.15, -0.1) is 0 Å². The third-order valence-electron chi connectivity index (χ3n) is 5.14. The van der Waals surface area contributed by atoms with E-state index in [9.17, 15) is 0 Å². The van der Waals surface area contributed by atoms with Crippen LogP contribution in [0.4, 0.5) is 0 Å². The fraction of sp³-hybridized carbons (Fsp3) is 0.944. The van der Waals surface area contributed by atoms with E-state index >= 15 is 0 Å². The number of hydrogen-bond acceptors (Lipinski definition) is 3. The molecular weight excluding hydrogens is 288 g/mol. The van der Waals surface area contributed by atoms with Gasteiger partial charge < -0.3 is 15.0 Å². The summed E-state index contributed by atoms with van der Waals surface area (Å²) < 4.78 is 5.87. The van der Waals surface area contributed by atoms with Crippen molar-refractivity contribution in [2.24, 2.45) is 10.4 Å². The van der Waals surface area contributed by atoms with Crippen LogP contribution in [0.5, 0.6) is 0 Å². The highest BCUT2D eigenvalue weighted by molar-refractivity contribution is 5.80. The Morgan fingerprint density at radius 3 is 2.35 bits per heavy atom. The standard InChI is InChI=1S/C18H36N4O/c1-14-10-22(11-15(2)23-14)18(5,6)12-20-16(19-7)21-9-8-17(3,4)13-21/h14-15H,8-13H2,1-7H3,(H,19,20). The van der Waals surface area contributed by atoms with E-state index in [-0.39, 0.29) is 5.54 Å². The molecule has 2 fully saturated rings. The molecular formula is C18H36N4O. The Kier molecular flexibility index (Phi) is 5.62. The number of morpholine rings is 1. The van der Waals surface area contributed by atoms with E-state index in [1.807, 2.05) is 7.05 Å². The second-order valence-electron chi connectivity index (χ2n) is 8.71. The predicted molar refractivity (Wildman–Crippen MR) is 97.0 cm³/mol. The maximum absolute atomic E-state index is 5.87. The van der Waals surface area contributed by atoms with E-state index in [4.69, 9.17) is 4.74 Å². The zero-order valence-corrected chi connectivity index (χ0v) is 16.1. The van der Waals surface area contributed by atoms with Crippen LogP contribution in [0.25, 0.3) is 0 Å². The van der Waals surface area contributed by atoms with Crippen LogP contribution >= 0.6 is 0 Å². The van der Waals surface area contributed by atoms with Gasteiger partial charge in [0.25, 0.3) is 0 Å². The summed E-state index contributed by atoms with van der Waals surface area (Å²) in [6.45, 7) is 18.7. The van der Waals surface area contributed by atoms with Crippen LogP contribution in [-0.4, -0.2) is 73.3 Å². The average Bonchev–Trinajstić information content (AvgIpc) is 2.78. The second-order valence-corrected chi connectivity index (χ2v) is 8.71. The molecule has 0 aromatic heterocycles. The minimum atomic E-state index is 0.0808. The summed E-state index contributed by atoms with van der Waals surface area (Å²) in [6, 6.07) is 0. The van der Waals surface area contributed by atoms with Crippen LogP contribution < -0.4 is 5.32 Å². The van der Waals surface area contributed by atoms with Gasteiger partial charge in [0.05, 0.1) is 12.2 Å². The van der Waals surface area contributed by atoms with Crippen LogP contribution in [-0.2, 0) is 4.74 Å². The third kappa shape index (κ3) is 4.83. The highest BCUT2D eigenvalue weighted by Crippen LogP contribution is 2.28. The minimum absolute atomic E-state index is 0.0808. The topological polar surface area (TPSA) is 40.1 Å². The lowest BCUT2D eigenvalue weighted by Gasteiger charge is -2.45. The molecule has 0 radical (unpaired) electrons. The number of nitrogens with zero attached hydrogens (tertiary/aromatic N) is 3. The number of aliphatic imine (C=N–C) groups is 1. The molecule has 2 aliphatic heterocycles. The summed E-state index contributed by atoms with van der Waals surface area (Å²) >= 11 is 0. The maximum Gasteiger partial charge on any atom is 0.193 e. The second kappa shape index (κ2) is 6.98. The molecule has 134 valence electrons. The van der Waals surface area contributed by atoms with Gasteiger partial charge in [-0.3, -0.25) is 9.89 Å². The molecule has 2 heterocycles. The van der Waals surface area contributed by atoms with Crippen LogP contribution in [0, 0.1) is 5.41 Å². The number of nitrogens with one attached hydrogen (secondary N) is 1. The molecule has 0 amide bonds. The van der Waals surface area contributed by atoms with Crippen molar-refractivity contribution in [2.45, 2.75) is 65.7 Å². The molecule has 0 saturated carbocycles. The first-order chi connectivity index (χ1) is 10.6. The summed E-state index contributed by atoms with van der Waals surface area (Å²) in [6.07, 6.45) is 1.84. The first kappa shape index (κ1) is 18.5. The summed E-state index contributed by atoms with van der Waals surface area (Å²) in [5.41, 5.74) is 0.472. The van der Waals surface area contributed by atoms with Crippen molar-refractivity contribution >= 4 is 5.96 Å². The molecule has 0 spiro atoms. The van der Waals surface area contributed by atoms with Crippen LogP contribution in [0.2, 0.25) is 0 Å². The largest absolute Gasteiger partial charge is 0.373 e. The predicted octanol–water partition coefficient (Wildman–Crippen LogP) is 2.18. The highest BCUT2D eigenvalue weighted by Gasteiger charge is 2.35. The Bertz CT molecular complexity index is 423. The molecule has 1 N–H and O–H groups in total. The lowest BCUT2D eigenvalue weighted by Crippen LogP contribution is -2.59. The molecule has 0 aliphatic carbocycles. The molecule has 5 nitrogen and oxygen atoms in total. The van der Waals surface area contributed by atoms with E-state index in [0.29, 0.717) is 17.6 Å². The Labute approximate surface area is 142 Å². The van der Waals surface area contributed by atoms with Crippen molar-refractivity contribution in [2.75, 3.05) is 39.8 Å². The van der Waals surface area contributed by atoms with Crippen molar-refractivity contribution in [3.63, 3.8) is 0 Å². The lowest BCUT2D eigenvalue weighted by atomic mass is 9.93. The summed E-state index contributed by atoms with van der Waals surface area (Å²) in [4.78, 5) is 9.43. The molecule has 2 aliphatic rings. The summed E-state index contributed by atoms with van der Waals surface area (Å²) in [5.74, 6) is 1.04. The van der Waals surface area contributed by atoms with E-state index in [2.05, 4.69) is 61.7 Å². The fourth-order valence-electron chi connectivity index (χ4n) is 3.70. The van der Waals surface area contributed by atoms with Crippen molar-refractivity contribution in [1.82, 2.24) is 15.1 Å². The van der Waals surface area contributed by atoms with Crippen molar-refractivity contribution < 1.29 is 4.74 Å². The van der Waals surface area contributed by atoms with E-state index in [0.717, 1.165) is 38.7 Å². The van der Waals surface area contributed by atoms with E-state index in [1.54, 1.807) is 0 Å². The van der Waals surface area contributed by atoms with Crippen molar-refractivity contribution in [3.05, 3.63) is 0 Å². The number of ether oxygens (including phenoxy) is 1. The average molecular weight is 325 g/mol. The van der Waals surface area contributed by atoms with Gasteiger partial charge in [-0.25, -0.2) is 0 Å². The molecule has 2 unspecified atom stereocenters. The molecule has 2 atom stereocenters. The van der Waals surface area contributed by atoms with Gasteiger partial charge in [0.1, 0.15) is 0 Å². The molecule has 2 saturated heterocycles. The lowest BCUT2D eigenvalue weighted by molar-refractivity contribution is -0.0947. The van der Waals surface area contributed by atoms with Gasteiger partial charge in [-0.1, -0.05) is 13.8 Å². The van der Waals surface area contributed by atoms with Gasteiger partial charge in [-0.05, 0) is 39.5 Å². The van der Waals surface area contributed by atoms with Gasteiger partial charge in [0.2, 0.25) is 0 Å². The van der Waals surface area contributed by atoms with Gasteiger partial charge in [0.15, 0.2) is 5.96 Å². The smallest absolute Gasteiger partial charge is 0.193 e. The first-order valence-corrected chi connectivity index (χ1v) is 8.99. The Morgan fingerprint density at radius 2 is 1.87 bits per heavy atom.